The SMILES string of the molecule is CCCCC(NC(=O)OC(C)(C)C)S(=O)(=O)c1ccc(C)cc1. The molecule has 1 amide bonds. The molecule has 0 fully saturated rings. The van der Waals surface area contributed by atoms with Gasteiger partial charge in [-0.25, -0.2) is 13.2 Å². The van der Waals surface area contributed by atoms with Crippen LogP contribution in [0.4, 0.5) is 4.79 Å². The Kier molecular flexibility index (Phi) is 6.62. The summed E-state index contributed by atoms with van der Waals surface area (Å²) < 4.78 is 30.7. The highest BCUT2D eigenvalue weighted by molar-refractivity contribution is 7.92. The summed E-state index contributed by atoms with van der Waals surface area (Å²) in [5.74, 6) is 0. The number of carbonyl (C=O) groups excluding carboxylic acids is 1. The zero-order valence-electron chi connectivity index (χ0n) is 14.5. The molecular formula is C17H27NO4S. The Hall–Kier alpha value is -1.56. The summed E-state index contributed by atoms with van der Waals surface area (Å²) in [6.45, 7) is 9.08. The van der Waals surface area contributed by atoms with E-state index < -0.39 is 26.9 Å². The molecule has 0 saturated carbocycles. The predicted octanol–water partition coefficient (Wildman–Crippen LogP) is 3.81. The fraction of sp³-hybridized carbons (Fsp3) is 0.588. The van der Waals surface area contributed by atoms with Gasteiger partial charge in [-0.1, -0.05) is 37.5 Å². The topological polar surface area (TPSA) is 72.5 Å². The van der Waals surface area contributed by atoms with Gasteiger partial charge in [-0.05, 0) is 46.2 Å². The normalized spacial score (nSPS) is 13.4. The maximum Gasteiger partial charge on any atom is 0.408 e. The van der Waals surface area contributed by atoms with Crippen LogP contribution in [0.1, 0.15) is 52.5 Å². The molecule has 1 N–H and O–H groups in total. The third-order valence-electron chi connectivity index (χ3n) is 3.22. The first-order valence-corrected chi connectivity index (χ1v) is 9.41. The van der Waals surface area contributed by atoms with Crippen LogP contribution in [-0.4, -0.2) is 25.5 Å². The van der Waals surface area contributed by atoms with Crippen molar-refractivity contribution in [3.05, 3.63) is 29.8 Å². The second-order valence-corrected chi connectivity index (χ2v) is 8.77. The second kappa shape index (κ2) is 7.81. The van der Waals surface area contributed by atoms with Crippen LogP contribution in [0.25, 0.3) is 0 Å². The van der Waals surface area contributed by atoms with Crippen LogP contribution in [0.15, 0.2) is 29.2 Å². The number of hydrogen-bond donors (Lipinski definition) is 1. The molecule has 1 aromatic rings. The van der Waals surface area contributed by atoms with Gasteiger partial charge in [0.1, 0.15) is 11.0 Å². The molecule has 0 radical (unpaired) electrons. The minimum Gasteiger partial charge on any atom is -0.444 e. The molecule has 1 rings (SSSR count). The molecule has 130 valence electrons. The van der Waals surface area contributed by atoms with E-state index in [4.69, 9.17) is 4.74 Å². The van der Waals surface area contributed by atoms with Gasteiger partial charge >= 0.3 is 6.09 Å². The standard InChI is InChI=1S/C17H27NO4S/c1-6-7-8-15(18-16(19)22-17(3,4)5)23(20,21)14-11-9-13(2)10-12-14/h9-12,15H,6-8H2,1-5H3,(H,18,19). The number of carbonyl (C=O) groups is 1. The third-order valence-corrected chi connectivity index (χ3v) is 5.25. The Morgan fingerprint density at radius 2 is 1.78 bits per heavy atom. The van der Waals surface area contributed by atoms with Crippen LogP contribution < -0.4 is 5.32 Å². The summed E-state index contributed by atoms with van der Waals surface area (Å²) >= 11 is 0. The summed E-state index contributed by atoms with van der Waals surface area (Å²) in [5.41, 5.74) is 0.307. The molecule has 0 bridgehead atoms. The van der Waals surface area contributed by atoms with Gasteiger partial charge in [0.05, 0.1) is 4.90 Å². The Balaban J connectivity index is 3.00. The first-order valence-electron chi connectivity index (χ1n) is 7.86. The third kappa shape index (κ3) is 6.22. The summed E-state index contributed by atoms with van der Waals surface area (Å²) in [5, 5.41) is 1.53. The van der Waals surface area contributed by atoms with E-state index in [-0.39, 0.29) is 4.90 Å². The largest absolute Gasteiger partial charge is 0.444 e. The number of unbranched alkanes of at least 4 members (excludes halogenated alkanes) is 1. The molecule has 0 aromatic heterocycles. The average Bonchev–Trinajstić information content (AvgIpc) is 2.41. The zero-order valence-corrected chi connectivity index (χ0v) is 15.4. The number of sulfone groups is 1. The number of rotatable bonds is 6. The van der Waals surface area contributed by atoms with Crippen LogP contribution in [-0.2, 0) is 14.6 Å². The molecule has 0 aliphatic rings. The van der Waals surface area contributed by atoms with Gasteiger partial charge in [-0.2, -0.15) is 0 Å². The van der Waals surface area contributed by atoms with Crippen molar-refractivity contribution >= 4 is 15.9 Å². The highest BCUT2D eigenvalue weighted by atomic mass is 32.2. The van der Waals surface area contributed by atoms with Crippen molar-refractivity contribution in [1.82, 2.24) is 5.32 Å². The predicted molar refractivity (Wildman–Crippen MR) is 91.0 cm³/mol. The van der Waals surface area contributed by atoms with Gasteiger partial charge in [-0.3, -0.25) is 0 Å². The number of amides is 1. The maximum atomic E-state index is 12.8. The molecule has 0 saturated heterocycles. The van der Waals surface area contributed by atoms with E-state index in [0.29, 0.717) is 12.8 Å². The van der Waals surface area contributed by atoms with E-state index in [9.17, 15) is 13.2 Å². The monoisotopic (exact) mass is 341 g/mol. The lowest BCUT2D eigenvalue weighted by Gasteiger charge is -2.23. The van der Waals surface area contributed by atoms with Crippen LogP contribution in [0.3, 0.4) is 0 Å². The van der Waals surface area contributed by atoms with Gasteiger partial charge in [0, 0.05) is 0 Å². The van der Waals surface area contributed by atoms with Crippen molar-refractivity contribution in [2.75, 3.05) is 0 Å². The molecule has 5 nitrogen and oxygen atoms in total. The summed E-state index contributed by atoms with van der Waals surface area (Å²) in [6.07, 6.45) is 1.18. The number of ether oxygens (including phenoxy) is 1. The molecule has 0 aliphatic carbocycles. The minimum atomic E-state index is -3.65. The zero-order chi connectivity index (χ0) is 17.7. The van der Waals surface area contributed by atoms with Gasteiger partial charge in [0.25, 0.3) is 0 Å². The van der Waals surface area contributed by atoms with Crippen molar-refractivity contribution in [2.45, 2.75) is 69.8 Å². The van der Waals surface area contributed by atoms with E-state index in [2.05, 4.69) is 5.32 Å². The highest BCUT2D eigenvalue weighted by Crippen LogP contribution is 2.20. The van der Waals surface area contributed by atoms with E-state index in [1.807, 2.05) is 13.8 Å². The Labute approximate surface area is 139 Å². The van der Waals surface area contributed by atoms with E-state index in [1.54, 1.807) is 45.0 Å². The van der Waals surface area contributed by atoms with E-state index in [1.165, 1.54) is 0 Å². The maximum absolute atomic E-state index is 12.8. The first-order chi connectivity index (χ1) is 10.6. The molecule has 1 unspecified atom stereocenters. The number of alkyl carbamates (subject to hydrolysis) is 1. The van der Waals surface area contributed by atoms with Gasteiger partial charge in [0.15, 0.2) is 9.84 Å². The summed E-state index contributed by atoms with van der Waals surface area (Å²) in [4.78, 5) is 12.2. The van der Waals surface area contributed by atoms with E-state index in [0.717, 1.165) is 12.0 Å². The number of benzene rings is 1. The lowest BCUT2D eigenvalue weighted by atomic mass is 10.2. The Morgan fingerprint density at radius 1 is 1.22 bits per heavy atom. The molecule has 0 heterocycles. The van der Waals surface area contributed by atoms with Gasteiger partial charge in [0.2, 0.25) is 0 Å². The molecular weight excluding hydrogens is 314 g/mol. The first kappa shape index (κ1) is 19.5. The smallest absolute Gasteiger partial charge is 0.408 e. The average molecular weight is 341 g/mol. The van der Waals surface area contributed by atoms with Gasteiger partial charge in [-0.15, -0.1) is 0 Å². The van der Waals surface area contributed by atoms with Crippen molar-refractivity contribution in [2.24, 2.45) is 0 Å². The van der Waals surface area contributed by atoms with E-state index >= 15 is 0 Å². The van der Waals surface area contributed by atoms with Gasteiger partial charge < -0.3 is 10.1 Å². The Bertz CT molecular complexity index is 615. The van der Waals surface area contributed by atoms with Crippen LogP contribution in [0.5, 0.6) is 0 Å². The highest BCUT2D eigenvalue weighted by Gasteiger charge is 2.30. The molecule has 6 heteroatoms. The fourth-order valence-electron chi connectivity index (χ4n) is 2.03. The molecule has 0 spiro atoms. The van der Waals surface area contributed by atoms with Crippen molar-refractivity contribution < 1.29 is 17.9 Å². The summed E-state index contributed by atoms with van der Waals surface area (Å²) in [7, 11) is -3.65. The Morgan fingerprint density at radius 3 is 2.26 bits per heavy atom. The van der Waals surface area contributed by atoms with Crippen molar-refractivity contribution in [1.29, 1.82) is 0 Å². The molecule has 0 aliphatic heterocycles. The molecule has 23 heavy (non-hydrogen) atoms. The lowest BCUT2D eigenvalue weighted by Crippen LogP contribution is -2.43. The lowest BCUT2D eigenvalue weighted by molar-refractivity contribution is 0.0518. The second-order valence-electron chi connectivity index (χ2n) is 6.64. The number of hydrogen-bond acceptors (Lipinski definition) is 4. The quantitative estimate of drug-likeness (QED) is 0.854. The number of nitrogens with one attached hydrogen (secondary N) is 1. The number of aryl methyl sites for hydroxylation is 1. The molecule has 1 atom stereocenters. The van der Waals surface area contributed by atoms with Crippen LogP contribution >= 0.6 is 0 Å². The fourth-order valence-corrected chi connectivity index (χ4v) is 3.60. The molecule has 1 aromatic carbocycles. The summed E-state index contributed by atoms with van der Waals surface area (Å²) in [6, 6.07) is 6.63. The minimum absolute atomic E-state index is 0.209. The van der Waals surface area contributed by atoms with Crippen LogP contribution in [0.2, 0.25) is 0 Å². The van der Waals surface area contributed by atoms with Crippen LogP contribution in [0, 0.1) is 6.92 Å². The van der Waals surface area contributed by atoms with Crippen molar-refractivity contribution in [3.63, 3.8) is 0 Å². The van der Waals surface area contributed by atoms with Crippen molar-refractivity contribution in [3.8, 4) is 0 Å².